The minimum Gasteiger partial charge on any atom is -0.352 e. The quantitative estimate of drug-likeness (QED) is 0.650. The zero-order valence-corrected chi connectivity index (χ0v) is 13.0. The lowest BCUT2D eigenvalue weighted by atomic mass is 9.82. The van der Waals surface area contributed by atoms with Gasteiger partial charge >= 0.3 is 0 Å². The third kappa shape index (κ3) is 1.42. The summed E-state index contributed by atoms with van der Waals surface area (Å²) < 4.78 is 0. The van der Waals surface area contributed by atoms with E-state index >= 15 is 0 Å². The van der Waals surface area contributed by atoms with E-state index in [-0.39, 0.29) is 5.91 Å². The predicted octanol–water partition coefficient (Wildman–Crippen LogP) is 1.51. The number of nitrogens with two attached hydrogens (primary N) is 1. The molecule has 1 spiro atoms. The molecule has 5 rings (SSSR count). The molecule has 1 atom stereocenters. The molecule has 0 radical (unpaired) electrons. The fourth-order valence-electron chi connectivity index (χ4n) is 4.36. The van der Waals surface area contributed by atoms with Gasteiger partial charge in [-0.05, 0) is 23.8 Å². The Kier molecular flexibility index (Phi) is 2.38. The van der Waals surface area contributed by atoms with Crippen LogP contribution in [-0.2, 0) is 16.8 Å². The Hall–Kier alpha value is -2.59. The van der Waals surface area contributed by atoms with Crippen LogP contribution in [0, 0.1) is 0 Å². The summed E-state index contributed by atoms with van der Waals surface area (Å²) in [6.07, 6.45) is 0.986. The van der Waals surface area contributed by atoms with Crippen molar-refractivity contribution in [2.75, 3.05) is 18.5 Å². The summed E-state index contributed by atoms with van der Waals surface area (Å²) in [5.74, 6) is 0.145. The Bertz CT molecular complexity index is 958. The van der Waals surface area contributed by atoms with Crippen LogP contribution in [0.1, 0.15) is 16.8 Å². The number of aromatic amines is 1. The van der Waals surface area contributed by atoms with Gasteiger partial charge in [0.25, 0.3) is 5.91 Å². The van der Waals surface area contributed by atoms with Crippen LogP contribution in [0.4, 0.5) is 5.69 Å². The van der Waals surface area contributed by atoms with Crippen molar-refractivity contribution in [1.82, 2.24) is 4.98 Å². The number of H-pyrrole nitrogens is 1. The highest BCUT2D eigenvalue weighted by atomic mass is 16.2. The van der Waals surface area contributed by atoms with Gasteiger partial charge in [0.2, 0.25) is 5.54 Å². The smallest absolute Gasteiger partial charge is 0.299 e. The van der Waals surface area contributed by atoms with E-state index in [1.165, 1.54) is 10.9 Å². The number of hydrogen-bond acceptors (Lipinski definition) is 1. The van der Waals surface area contributed by atoms with Crippen molar-refractivity contribution in [1.29, 1.82) is 0 Å². The van der Waals surface area contributed by atoms with Gasteiger partial charge in [0, 0.05) is 24.4 Å². The number of carbonyl (C=O) groups excluding carboxylic acids is 1. The van der Waals surface area contributed by atoms with Crippen LogP contribution in [0.25, 0.3) is 10.9 Å². The molecule has 2 aliphatic rings. The monoisotopic (exact) mass is 304 g/mol. The number of fused-ring (bicyclic) bond motifs is 6. The standard InChI is InChI=1S/C19H17N3O/c1-22-16-9-5-3-7-14(16)19(18(22)23)17-13(10-11-20-19)12-6-2-4-8-15(12)21-17/h2-9,20-21H,10-11H2,1H3/p+1/t19-/m0/s1. The maximum Gasteiger partial charge on any atom is 0.299 e. The van der Waals surface area contributed by atoms with Gasteiger partial charge in [-0.25, -0.2) is 0 Å². The topological polar surface area (TPSA) is 52.7 Å². The first kappa shape index (κ1) is 12.9. The summed E-state index contributed by atoms with van der Waals surface area (Å²) in [6, 6.07) is 16.5. The molecule has 3 aromatic rings. The molecule has 4 nitrogen and oxygen atoms in total. The molecule has 1 amide bonds. The highest BCUT2D eigenvalue weighted by Crippen LogP contribution is 2.44. The fourth-order valence-corrected chi connectivity index (χ4v) is 4.36. The summed E-state index contributed by atoms with van der Waals surface area (Å²) >= 11 is 0. The Balaban J connectivity index is 1.88. The second-order valence-electron chi connectivity index (χ2n) is 6.46. The minimum absolute atomic E-state index is 0.145. The van der Waals surface area contributed by atoms with E-state index in [9.17, 15) is 4.79 Å². The molecule has 4 heteroatoms. The van der Waals surface area contributed by atoms with Gasteiger partial charge in [0.05, 0.1) is 23.5 Å². The Labute approximate surface area is 134 Å². The van der Waals surface area contributed by atoms with Crippen LogP contribution in [0.5, 0.6) is 0 Å². The van der Waals surface area contributed by atoms with Gasteiger partial charge in [0.15, 0.2) is 0 Å². The Morgan fingerprint density at radius 2 is 1.91 bits per heavy atom. The van der Waals surface area contributed by atoms with Gasteiger partial charge in [-0.15, -0.1) is 0 Å². The number of carbonyl (C=O) groups is 1. The van der Waals surface area contributed by atoms with Crippen LogP contribution in [0.2, 0.25) is 0 Å². The van der Waals surface area contributed by atoms with E-state index in [4.69, 9.17) is 0 Å². The van der Waals surface area contributed by atoms with Crippen molar-refractivity contribution in [2.24, 2.45) is 0 Å². The molecule has 0 unspecified atom stereocenters. The van der Waals surface area contributed by atoms with Crippen LogP contribution in [0.3, 0.4) is 0 Å². The van der Waals surface area contributed by atoms with Crippen LogP contribution < -0.4 is 10.2 Å². The summed E-state index contributed by atoms with van der Waals surface area (Å²) in [4.78, 5) is 18.6. The molecule has 3 N–H and O–H groups in total. The van der Waals surface area contributed by atoms with Gasteiger partial charge in [-0.2, -0.15) is 0 Å². The molecule has 0 saturated heterocycles. The molecule has 0 aliphatic carbocycles. The largest absolute Gasteiger partial charge is 0.352 e. The van der Waals surface area contributed by atoms with Gasteiger partial charge in [-0.1, -0.05) is 30.3 Å². The number of aromatic nitrogens is 1. The number of nitrogens with zero attached hydrogens (tertiary/aromatic N) is 1. The van der Waals surface area contributed by atoms with Crippen molar-refractivity contribution in [3.63, 3.8) is 0 Å². The van der Waals surface area contributed by atoms with E-state index in [0.717, 1.165) is 35.4 Å². The highest BCUT2D eigenvalue weighted by Gasteiger charge is 2.58. The molecule has 1 aromatic heterocycles. The number of para-hydroxylation sites is 2. The second kappa shape index (κ2) is 4.24. The molecule has 3 heterocycles. The van der Waals surface area contributed by atoms with Crippen molar-refractivity contribution >= 4 is 22.5 Å². The SMILES string of the molecule is CN1C(=O)[C@]2([NH2+]CCc3c2[nH]c2ccccc32)c2ccccc21. The molecule has 0 fully saturated rings. The van der Waals surface area contributed by atoms with Crippen LogP contribution in [-0.4, -0.2) is 24.5 Å². The lowest BCUT2D eigenvalue weighted by molar-refractivity contribution is -0.714. The zero-order chi connectivity index (χ0) is 15.6. The minimum atomic E-state index is -0.655. The lowest BCUT2D eigenvalue weighted by Gasteiger charge is -2.30. The normalized spacial score (nSPS) is 22.7. The van der Waals surface area contributed by atoms with E-state index in [2.05, 4.69) is 34.6 Å². The summed E-state index contributed by atoms with van der Waals surface area (Å²) in [5.41, 5.74) is 4.93. The average molecular weight is 304 g/mol. The zero-order valence-electron chi connectivity index (χ0n) is 13.0. The lowest BCUT2D eigenvalue weighted by Crippen LogP contribution is -2.99. The number of likely N-dealkylation sites (N-methyl/N-ethyl adjacent to an activating group) is 1. The maximum absolute atomic E-state index is 13.3. The summed E-state index contributed by atoms with van der Waals surface area (Å²) in [5, 5.41) is 3.45. The third-order valence-electron chi connectivity index (χ3n) is 5.39. The molecular formula is C19H18N3O+. The van der Waals surface area contributed by atoms with Gasteiger partial charge in [0.1, 0.15) is 0 Å². The molecule has 23 heavy (non-hydrogen) atoms. The van der Waals surface area contributed by atoms with Gasteiger partial charge < -0.3 is 15.2 Å². The van der Waals surface area contributed by atoms with Gasteiger partial charge in [-0.3, -0.25) is 4.79 Å². The number of rotatable bonds is 0. The Morgan fingerprint density at radius 1 is 1.13 bits per heavy atom. The average Bonchev–Trinajstić information content (AvgIpc) is 3.08. The molecule has 2 aliphatic heterocycles. The van der Waals surface area contributed by atoms with Crippen LogP contribution >= 0.6 is 0 Å². The summed E-state index contributed by atoms with van der Waals surface area (Å²) in [6.45, 7) is 0.919. The summed E-state index contributed by atoms with van der Waals surface area (Å²) in [7, 11) is 1.88. The number of benzene rings is 2. The number of amides is 1. The molecule has 114 valence electrons. The number of hydrogen-bond donors (Lipinski definition) is 2. The van der Waals surface area contributed by atoms with E-state index < -0.39 is 5.54 Å². The predicted molar refractivity (Wildman–Crippen MR) is 89.4 cm³/mol. The number of anilines is 1. The molecule has 2 aromatic carbocycles. The fraction of sp³-hybridized carbons (Fsp3) is 0.211. The first-order valence-corrected chi connectivity index (χ1v) is 8.05. The number of nitrogens with one attached hydrogen (secondary N) is 1. The van der Waals surface area contributed by atoms with Crippen molar-refractivity contribution < 1.29 is 10.1 Å². The van der Waals surface area contributed by atoms with E-state index in [0.29, 0.717) is 0 Å². The van der Waals surface area contributed by atoms with Crippen molar-refractivity contribution in [3.05, 3.63) is 65.4 Å². The van der Waals surface area contributed by atoms with E-state index in [1.54, 1.807) is 4.90 Å². The number of quaternary nitrogens is 1. The Morgan fingerprint density at radius 3 is 2.83 bits per heavy atom. The maximum atomic E-state index is 13.3. The first-order valence-electron chi connectivity index (χ1n) is 8.05. The third-order valence-corrected chi connectivity index (χ3v) is 5.39. The molecule has 0 saturated carbocycles. The first-order chi connectivity index (χ1) is 11.2. The highest BCUT2D eigenvalue weighted by molar-refractivity contribution is 6.09. The van der Waals surface area contributed by atoms with E-state index in [1.807, 2.05) is 31.3 Å². The molecule has 0 bridgehead atoms. The second-order valence-corrected chi connectivity index (χ2v) is 6.46. The molecular weight excluding hydrogens is 286 g/mol. The van der Waals surface area contributed by atoms with Crippen molar-refractivity contribution in [3.8, 4) is 0 Å². The van der Waals surface area contributed by atoms with Crippen LogP contribution in [0.15, 0.2) is 48.5 Å². The van der Waals surface area contributed by atoms with Crippen molar-refractivity contribution in [2.45, 2.75) is 12.0 Å².